The van der Waals surface area contributed by atoms with Gasteiger partial charge in [-0.3, -0.25) is 4.79 Å². The van der Waals surface area contributed by atoms with Crippen LogP contribution in [0.5, 0.6) is 11.5 Å². The monoisotopic (exact) mass is 432 g/mol. The highest BCUT2D eigenvalue weighted by Crippen LogP contribution is 2.26. The van der Waals surface area contributed by atoms with Crippen LogP contribution in [0.1, 0.15) is 31.4 Å². The summed E-state index contributed by atoms with van der Waals surface area (Å²) in [4.78, 5) is 13.0. The van der Waals surface area contributed by atoms with Gasteiger partial charge >= 0.3 is 0 Å². The summed E-state index contributed by atoms with van der Waals surface area (Å²) in [6.07, 6.45) is 1.31. The zero-order valence-corrected chi connectivity index (χ0v) is 18.3. The van der Waals surface area contributed by atoms with Crippen molar-refractivity contribution in [3.8, 4) is 11.5 Å². The number of amides is 1. The van der Waals surface area contributed by atoms with Gasteiger partial charge in [-0.05, 0) is 61.7 Å². The highest BCUT2D eigenvalue weighted by Gasteiger charge is 2.33. The number of benzene rings is 2. The van der Waals surface area contributed by atoms with Gasteiger partial charge in [0.2, 0.25) is 15.9 Å². The molecule has 2 aromatic carbocycles. The molecule has 162 valence electrons. The van der Waals surface area contributed by atoms with Crippen molar-refractivity contribution in [3.63, 3.8) is 0 Å². The number of hydrogen-bond donors (Lipinski definition) is 1. The third kappa shape index (κ3) is 4.94. The van der Waals surface area contributed by atoms with E-state index in [0.29, 0.717) is 25.1 Å². The van der Waals surface area contributed by atoms with Gasteiger partial charge in [0, 0.05) is 13.1 Å². The molecule has 1 heterocycles. The smallest absolute Gasteiger partial charge is 0.243 e. The lowest BCUT2D eigenvalue weighted by atomic mass is 9.98. The molecule has 0 spiro atoms. The Hall–Kier alpha value is -2.58. The number of nitrogens with zero attached hydrogens (tertiary/aromatic N) is 1. The first-order chi connectivity index (χ1) is 14.3. The Labute approximate surface area is 178 Å². The lowest BCUT2D eigenvalue weighted by Crippen LogP contribution is -2.45. The van der Waals surface area contributed by atoms with Crippen LogP contribution in [0.25, 0.3) is 0 Å². The Morgan fingerprint density at radius 3 is 2.17 bits per heavy atom. The van der Waals surface area contributed by atoms with Gasteiger partial charge in [0.05, 0.1) is 31.1 Å². The fourth-order valence-electron chi connectivity index (χ4n) is 3.58. The van der Waals surface area contributed by atoms with E-state index in [9.17, 15) is 13.2 Å². The van der Waals surface area contributed by atoms with Gasteiger partial charge in [0.25, 0.3) is 0 Å². The van der Waals surface area contributed by atoms with Gasteiger partial charge in [-0.2, -0.15) is 4.31 Å². The fourth-order valence-corrected chi connectivity index (χ4v) is 5.10. The second kappa shape index (κ2) is 9.49. The average molecular weight is 433 g/mol. The predicted molar refractivity (Wildman–Crippen MR) is 114 cm³/mol. The molecule has 1 N–H and O–H groups in total. The molecule has 3 rings (SSSR count). The molecule has 2 atom stereocenters. The Kier molecular flexibility index (Phi) is 6.99. The lowest BCUT2D eigenvalue weighted by molar-refractivity contribution is -0.126. The molecule has 2 aromatic rings. The largest absolute Gasteiger partial charge is 0.497 e. The van der Waals surface area contributed by atoms with Crippen molar-refractivity contribution in [2.45, 2.75) is 30.7 Å². The van der Waals surface area contributed by atoms with Gasteiger partial charge in [0.1, 0.15) is 11.5 Å². The van der Waals surface area contributed by atoms with E-state index in [2.05, 4.69) is 5.32 Å². The molecule has 30 heavy (non-hydrogen) atoms. The SMILES string of the molecule is COc1ccc([C@@H](C)NC(=O)[C@H]2CCCN(S(=O)(=O)c3ccc(OC)cc3)C2)cc1. The summed E-state index contributed by atoms with van der Waals surface area (Å²) in [6.45, 7) is 2.50. The van der Waals surface area contributed by atoms with Crippen molar-refractivity contribution in [1.82, 2.24) is 9.62 Å². The van der Waals surface area contributed by atoms with Crippen LogP contribution in [-0.2, 0) is 14.8 Å². The number of piperidine rings is 1. The highest BCUT2D eigenvalue weighted by atomic mass is 32.2. The van der Waals surface area contributed by atoms with Crippen molar-refractivity contribution < 1.29 is 22.7 Å². The standard InChI is InChI=1S/C22H28N2O5S/c1-16(17-6-8-19(28-2)9-7-17)23-22(25)18-5-4-14-24(15-18)30(26,27)21-12-10-20(29-3)11-13-21/h6-13,16,18H,4-5,14-15H2,1-3H3,(H,23,25)/t16-,18+/m1/s1. The normalized spacial score (nSPS) is 18.4. The summed E-state index contributed by atoms with van der Waals surface area (Å²) in [6, 6.07) is 13.6. The maximum Gasteiger partial charge on any atom is 0.243 e. The Morgan fingerprint density at radius 1 is 1.03 bits per heavy atom. The second-order valence-corrected chi connectivity index (χ2v) is 9.32. The van der Waals surface area contributed by atoms with Gasteiger partial charge < -0.3 is 14.8 Å². The minimum absolute atomic E-state index is 0.132. The van der Waals surface area contributed by atoms with Gasteiger partial charge in [-0.1, -0.05) is 12.1 Å². The molecule has 0 radical (unpaired) electrons. The van der Waals surface area contributed by atoms with E-state index in [-0.39, 0.29) is 29.3 Å². The number of hydrogen-bond acceptors (Lipinski definition) is 5. The molecule has 0 aromatic heterocycles. The highest BCUT2D eigenvalue weighted by molar-refractivity contribution is 7.89. The van der Waals surface area contributed by atoms with Crippen molar-refractivity contribution >= 4 is 15.9 Å². The molecule has 1 saturated heterocycles. The molecular weight excluding hydrogens is 404 g/mol. The van der Waals surface area contributed by atoms with Crippen LogP contribution in [0.15, 0.2) is 53.4 Å². The Balaban J connectivity index is 1.66. The third-order valence-corrected chi connectivity index (χ3v) is 7.31. The van der Waals surface area contributed by atoms with Crippen LogP contribution in [0.2, 0.25) is 0 Å². The average Bonchev–Trinajstić information content (AvgIpc) is 2.79. The van der Waals surface area contributed by atoms with E-state index in [1.165, 1.54) is 23.5 Å². The van der Waals surface area contributed by atoms with Crippen LogP contribution in [0, 0.1) is 5.92 Å². The van der Waals surface area contributed by atoms with E-state index < -0.39 is 10.0 Å². The van der Waals surface area contributed by atoms with Crippen LogP contribution in [0.3, 0.4) is 0 Å². The predicted octanol–water partition coefficient (Wildman–Crippen LogP) is 2.98. The Bertz CT molecular complexity index is 958. The number of ether oxygens (including phenoxy) is 2. The molecule has 1 fully saturated rings. The zero-order valence-electron chi connectivity index (χ0n) is 17.5. The van der Waals surface area contributed by atoms with Gasteiger partial charge in [0.15, 0.2) is 0 Å². The fraction of sp³-hybridized carbons (Fsp3) is 0.409. The van der Waals surface area contributed by atoms with Crippen molar-refractivity contribution in [2.24, 2.45) is 5.92 Å². The molecule has 0 bridgehead atoms. The molecular formula is C22H28N2O5S. The van der Waals surface area contributed by atoms with E-state index in [1.54, 1.807) is 19.2 Å². The van der Waals surface area contributed by atoms with E-state index in [0.717, 1.165) is 11.3 Å². The van der Waals surface area contributed by atoms with Crippen LogP contribution in [-0.4, -0.2) is 45.9 Å². The van der Waals surface area contributed by atoms with Crippen molar-refractivity contribution in [2.75, 3.05) is 27.3 Å². The Morgan fingerprint density at radius 2 is 1.60 bits per heavy atom. The number of carbonyl (C=O) groups excluding carboxylic acids is 1. The number of rotatable bonds is 7. The minimum atomic E-state index is -3.66. The first kappa shape index (κ1) is 22.1. The maximum absolute atomic E-state index is 13.0. The summed E-state index contributed by atoms with van der Waals surface area (Å²) < 4.78 is 37.7. The molecule has 0 aliphatic carbocycles. The summed E-state index contributed by atoms with van der Waals surface area (Å²) >= 11 is 0. The molecule has 1 amide bonds. The van der Waals surface area contributed by atoms with Crippen LogP contribution < -0.4 is 14.8 Å². The van der Waals surface area contributed by atoms with Gasteiger partial charge in [-0.25, -0.2) is 8.42 Å². The quantitative estimate of drug-likeness (QED) is 0.727. The minimum Gasteiger partial charge on any atom is -0.497 e. The molecule has 1 aliphatic rings. The third-order valence-electron chi connectivity index (χ3n) is 5.43. The van der Waals surface area contributed by atoms with Crippen molar-refractivity contribution in [3.05, 3.63) is 54.1 Å². The summed E-state index contributed by atoms with van der Waals surface area (Å²) in [7, 11) is -0.520. The molecule has 8 heteroatoms. The summed E-state index contributed by atoms with van der Waals surface area (Å²) in [5, 5.41) is 3.01. The number of sulfonamides is 1. The van der Waals surface area contributed by atoms with Crippen molar-refractivity contribution in [1.29, 1.82) is 0 Å². The zero-order chi connectivity index (χ0) is 21.7. The number of carbonyl (C=O) groups is 1. The molecule has 7 nitrogen and oxygen atoms in total. The molecule has 0 saturated carbocycles. The maximum atomic E-state index is 13.0. The second-order valence-electron chi connectivity index (χ2n) is 7.38. The van der Waals surface area contributed by atoms with Crippen LogP contribution in [0.4, 0.5) is 0 Å². The topological polar surface area (TPSA) is 84.9 Å². The van der Waals surface area contributed by atoms with Crippen LogP contribution >= 0.6 is 0 Å². The van der Waals surface area contributed by atoms with Gasteiger partial charge in [-0.15, -0.1) is 0 Å². The molecule has 1 aliphatic heterocycles. The van der Waals surface area contributed by atoms with E-state index in [1.807, 2.05) is 31.2 Å². The first-order valence-electron chi connectivity index (χ1n) is 9.93. The number of methoxy groups -OCH3 is 2. The molecule has 0 unspecified atom stereocenters. The van der Waals surface area contributed by atoms with E-state index >= 15 is 0 Å². The summed E-state index contributed by atoms with van der Waals surface area (Å²) in [5.41, 5.74) is 0.961. The van der Waals surface area contributed by atoms with E-state index in [4.69, 9.17) is 9.47 Å². The lowest BCUT2D eigenvalue weighted by Gasteiger charge is -2.32. The summed E-state index contributed by atoms with van der Waals surface area (Å²) in [5.74, 6) is 0.835. The number of nitrogens with one attached hydrogen (secondary N) is 1. The first-order valence-corrected chi connectivity index (χ1v) is 11.4.